The molecule has 35 heavy (non-hydrogen) atoms. The highest BCUT2D eigenvalue weighted by Crippen LogP contribution is 2.73. The van der Waals surface area contributed by atoms with E-state index in [4.69, 9.17) is 4.74 Å². The highest BCUT2D eigenvalue weighted by Gasteiger charge is 2.72. The van der Waals surface area contributed by atoms with E-state index < -0.39 is 46.3 Å². The van der Waals surface area contributed by atoms with Gasteiger partial charge in [0.1, 0.15) is 0 Å². The summed E-state index contributed by atoms with van der Waals surface area (Å²) in [4.78, 5) is 0. The van der Waals surface area contributed by atoms with Gasteiger partial charge in [0.15, 0.2) is 0 Å². The summed E-state index contributed by atoms with van der Waals surface area (Å²) in [5.41, 5.74) is -1.49. The number of rotatable bonds is 2. The smallest absolute Gasteiger partial charge is 0.0861 e. The molecule has 0 amide bonds. The Morgan fingerprint density at radius 1 is 0.943 bits per heavy atom. The molecule has 2 unspecified atom stereocenters. The first-order valence-corrected chi connectivity index (χ1v) is 13.8. The van der Waals surface area contributed by atoms with Crippen molar-refractivity contribution in [1.29, 1.82) is 0 Å². The van der Waals surface area contributed by atoms with E-state index in [9.17, 15) is 25.5 Å². The van der Waals surface area contributed by atoms with E-state index in [-0.39, 0.29) is 35.4 Å². The van der Waals surface area contributed by atoms with Crippen molar-refractivity contribution >= 4 is 0 Å². The zero-order valence-electron chi connectivity index (χ0n) is 22.7. The first-order chi connectivity index (χ1) is 16.0. The second-order valence-corrected chi connectivity index (χ2v) is 14.6. The van der Waals surface area contributed by atoms with Crippen molar-refractivity contribution in [2.24, 2.45) is 39.4 Å². The average molecular weight is 493 g/mol. The van der Waals surface area contributed by atoms with E-state index in [1.165, 1.54) is 5.57 Å². The molecule has 1 aliphatic heterocycles. The van der Waals surface area contributed by atoms with Crippen LogP contribution in [0.4, 0.5) is 0 Å². The molecule has 6 heteroatoms. The fourth-order valence-corrected chi connectivity index (χ4v) is 10.1. The van der Waals surface area contributed by atoms with Crippen molar-refractivity contribution in [2.45, 2.75) is 129 Å². The van der Waals surface area contributed by atoms with Crippen LogP contribution in [0.25, 0.3) is 0 Å². The molecule has 5 aliphatic rings. The fraction of sp³-hybridized carbons (Fsp3) is 0.931. The van der Waals surface area contributed by atoms with Gasteiger partial charge in [-0.15, -0.1) is 0 Å². The van der Waals surface area contributed by atoms with E-state index in [0.717, 1.165) is 19.3 Å². The quantitative estimate of drug-likeness (QED) is 0.379. The van der Waals surface area contributed by atoms with Crippen LogP contribution in [0.1, 0.15) is 87.0 Å². The number of aliphatic hydroxyl groups is 5. The van der Waals surface area contributed by atoms with Crippen molar-refractivity contribution in [3.8, 4) is 0 Å². The first-order valence-electron chi connectivity index (χ1n) is 13.8. The van der Waals surface area contributed by atoms with Crippen LogP contribution in [0, 0.1) is 39.4 Å². The molecule has 5 N–H and O–H groups in total. The predicted molar refractivity (Wildman–Crippen MR) is 133 cm³/mol. The summed E-state index contributed by atoms with van der Waals surface area (Å²) >= 11 is 0. The van der Waals surface area contributed by atoms with Crippen LogP contribution < -0.4 is 0 Å². The van der Waals surface area contributed by atoms with Crippen LogP contribution >= 0.6 is 0 Å². The molecule has 1 saturated heterocycles. The zero-order valence-corrected chi connectivity index (χ0v) is 22.7. The molecule has 1 heterocycles. The SMILES string of the molecule is CC(C)(O)[C@@H]1CC[C@H]([C@H]2[C@@H](O)C[C@@]3(C)C4C[C@H](O)C5C(C)(C)[C@@H](O)CC[C@]5(C)C4=C[C@H](O)[C@]23C)O1. The normalized spacial score (nSPS) is 55.7. The molecule has 0 spiro atoms. The third-order valence-corrected chi connectivity index (χ3v) is 12.1. The van der Waals surface area contributed by atoms with Crippen LogP contribution in [-0.4, -0.2) is 67.8 Å². The molecule has 12 atom stereocenters. The number of hydrogen-bond donors (Lipinski definition) is 5. The van der Waals surface area contributed by atoms with Gasteiger partial charge in [0.25, 0.3) is 0 Å². The van der Waals surface area contributed by atoms with Crippen molar-refractivity contribution in [3.05, 3.63) is 11.6 Å². The lowest BCUT2D eigenvalue weighted by atomic mass is 9.40. The molecule has 0 radical (unpaired) electrons. The molecular weight excluding hydrogens is 444 g/mol. The maximum absolute atomic E-state index is 11.9. The Morgan fingerprint density at radius 2 is 1.60 bits per heavy atom. The van der Waals surface area contributed by atoms with Crippen LogP contribution in [0.2, 0.25) is 0 Å². The van der Waals surface area contributed by atoms with Gasteiger partial charge in [-0.1, -0.05) is 46.3 Å². The van der Waals surface area contributed by atoms with Gasteiger partial charge in [-0.05, 0) is 74.5 Å². The Kier molecular flexibility index (Phi) is 5.80. The molecule has 4 fully saturated rings. The lowest BCUT2D eigenvalue weighted by Gasteiger charge is -2.65. The van der Waals surface area contributed by atoms with E-state index in [1.807, 2.05) is 0 Å². The average Bonchev–Trinajstić information content (AvgIpc) is 3.28. The molecule has 4 aliphatic carbocycles. The lowest BCUT2D eigenvalue weighted by Crippen LogP contribution is -2.64. The number of allylic oxidation sites excluding steroid dienone is 1. The minimum atomic E-state index is -0.948. The summed E-state index contributed by atoms with van der Waals surface area (Å²) in [6.07, 6.45) is 3.28. The first kappa shape index (κ1) is 26.1. The van der Waals surface area contributed by atoms with Gasteiger partial charge < -0.3 is 30.3 Å². The van der Waals surface area contributed by atoms with Gasteiger partial charge >= 0.3 is 0 Å². The zero-order chi connectivity index (χ0) is 25.9. The van der Waals surface area contributed by atoms with Gasteiger partial charge in [-0.2, -0.15) is 0 Å². The van der Waals surface area contributed by atoms with Crippen molar-refractivity contribution in [1.82, 2.24) is 0 Å². The Bertz CT molecular complexity index is 892. The van der Waals surface area contributed by atoms with E-state index in [0.29, 0.717) is 19.3 Å². The number of hydrogen-bond acceptors (Lipinski definition) is 6. The Hall–Kier alpha value is -0.500. The number of aliphatic hydroxyl groups excluding tert-OH is 4. The molecule has 5 rings (SSSR count). The number of fused-ring (bicyclic) bond motifs is 5. The Balaban J connectivity index is 1.56. The minimum Gasteiger partial charge on any atom is -0.393 e. The molecule has 0 bridgehead atoms. The minimum absolute atomic E-state index is 0.0457. The molecule has 0 aromatic heterocycles. The molecule has 0 aromatic rings. The second-order valence-electron chi connectivity index (χ2n) is 14.6. The highest BCUT2D eigenvalue weighted by atomic mass is 16.5. The van der Waals surface area contributed by atoms with Gasteiger partial charge in [-0.25, -0.2) is 0 Å². The van der Waals surface area contributed by atoms with Crippen LogP contribution in [-0.2, 0) is 4.74 Å². The molecule has 0 aromatic carbocycles. The molecule has 200 valence electrons. The van der Waals surface area contributed by atoms with Crippen molar-refractivity contribution in [2.75, 3.05) is 0 Å². The number of ether oxygens (including phenoxy) is 1. The standard InChI is InChI=1S/C29H48O6/c1-25(2)20(32)10-11-27(5)15-13-21(33)29(7)23(19-8-9-22(35-19)26(3,4)34)18(31)14-28(29,6)16(15)12-17(30)24(25)27/h13,16-24,30-34H,8-12,14H2,1-7H3/t16?,17-,18-,19+,20-,21-,22-,23+,24?,27+,28-,29+/m0/s1. The second kappa shape index (κ2) is 7.77. The van der Waals surface area contributed by atoms with Crippen molar-refractivity contribution in [3.63, 3.8) is 0 Å². The largest absolute Gasteiger partial charge is 0.393 e. The van der Waals surface area contributed by atoms with Gasteiger partial charge in [0.2, 0.25) is 0 Å². The van der Waals surface area contributed by atoms with E-state index >= 15 is 0 Å². The van der Waals surface area contributed by atoms with Crippen LogP contribution in [0.15, 0.2) is 11.6 Å². The lowest BCUT2D eigenvalue weighted by molar-refractivity contribution is -0.183. The van der Waals surface area contributed by atoms with Crippen molar-refractivity contribution < 1.29 is 30.3 Å². The topological polar surface area (TPSA) is 110 Å². The van der Waals surface area contributed by atoms with E-state index in [1.54, 1.807) is 13.8 Å². The summed E-state index contributed by atoms with van der Waals surface area (Å²) in [6.45, 7) is 14.2. The van der Waals surface area contributed by atoms with Crippen LogP contribution in [0.5, 0.6) is 0 Å². The van der Waals surface area contributed by atoms with Gasteiger partial charge in [-0.3, -0.25) is 0 Å². The summed E-state index contributed by atoms with van der Waals surface area (Å²) in [5, 5.41) is 56.3. The fourth-order valence-electron chi connectivity index (χ4n) is 10.1. The summed E-state index contributed by atoms with van der Waals surface area (Å²) in [6, 6.07) is 0. The third kappa shape index (κ3) is 3.29. The Labute approximate surface area is 210 Å². The molecule has 3 saturated carbocycles. The van der Waals surface area contributed by atoms with Crippen LogP contribution in [0.3, 0.4) is 0 Å². The monoisotopic (exact) mass is 492 g/mol. The van der Waals surface area contributed by atoms with E-state index in [2.05, 4.69) is 40.7 Å². The summed E-state index contributed by atoms with van der Waals surface area (Å²) in [5.74, 6) is -0.293. The summed E-state index contributed by atoms with van der Waals surface area (Å²) in [7, 11) is 0. The molecular formula is C29H48O6. The summed E-state index contributed by atoms with van der Waals surface area (Å²) < 4.78 is 6.37. The maximum atomic E-state index is 11.9. The highest BCUT2D eigenvalue weighted by molar-refractivity contribution is 5.36. The van der Waals surface area contributed by atoms with Gasteiger partial charge in [0, 0.05) is 17.3 Å². The predicted octanol–water partition coefficient (Wildman–Crippen LogP) is 3.18. The Morgan fingerprint density at radius 3 is 2.20 bits per heavy atom. The third-order valence-electron chi connectivity index (χ3n) is 12.1. The van der Waals surface area contributed by atoms with Gasteiger partial charge in [0.05, 0.1) is 42.2 Å². The maximum Gasteiger partial charge on any atom is 0.0861 e. The molecule has 6 nitrogen and oxygen atoms in total.